The van der Waals surface area contributed by atoms with Crippen LogP contribution in [0, 0.1) is 5.92 Å². The van der Waals surface area contributed by atoms with E-state index in [1.54, 1.807) is 24.9 Å². The summed E-state index contributed by atoms with van der Waals surface area (Å²) in [4.78, 5) is 29.5. The van der Waals surface area contributed by atoms with E-state index in [2.05, 4.69) is 11.0 Å². The number of benzene rings is 2. The summed E-state index contributed by atoms with van der Waals surface area (Å²) in [6.07, 6.45) is 10.1. The summed E-state index contributed by atoms with van der Waals surface area (Å²) < 4.78 is 6.38. The van der Waals surface area contributed by atoms with Gasteiger partial charge in [0.1, 0.15) is 12.4 Å². The first-order valence-electron chi connectivity index (χ1n) is 13.3. The number of fused-ring (bicyclic) bond motifs is 2. The van der Waals surface area contributed by atoms with Crippen molar-refractivity contribution in [1.29, 1.82) is 0 Å². The number of nitrogens with zero attached hydrogens (tertiary/aromatic N) is 2. The minimum Gasteiger partial charge on any atom is -0.487 e. The normalized spacial score (nSPS) is 22.5. The lowest BCUT2D eigenvalue weighted by Gasteiger charge is -2.29. The van der Waals surface area contributed by atoms with E-state index in [9.17, 15) is 14.7 Å². The van der Waals surface area contributed by atoms with Gasteiger partial charge in [0.2, 0.25) is 5.91 Å². The van der Waals surface area contributed by atoms with Crippen molar-refractivity contribution in [3.8, 4) is 5.75 Å². The van der Waals surface area contributed by atoms with E-state index in [-0.39, 0.29) is 5.91 Å². The van der Waals surface area contributed by atoms with Crippen LogP contribution in [-0.4, -0.2) is 48.6 Å². The third-order valence-corrected chi connectivity index (χ3v) is 7.72. The first-order valence-corrected chi connectivity index (χ1v) is 13.6. The number of amides is 1. The number of hydrogen-bond acceptors (Lipinski definition) is 4. The highest BCUT2D eigenvalue weighted by atomic mass is 35.5. The number of carbonyl (C=O) groups excluding carboxylic acids is 1. The highest BCUT2D eigenvalue weighted by Gasteiger charge is 2.34. The molecule has 37 heavy (non-hydrogen) atoms. The van der Waals surface area contributed by atoms with Gasteiger partial charge in [-0.15, -0.1) is 0 Å². The minimum absolute atomic E-state index is 0.174. The molecule has 0 spiro atoms. The molecule has 0 radical (unpaired) electrons. The third kappa shape index (κ3) is 6.67. The molecule has 0 fully saturated rings. The average Bonchev–Trinajstić information content (AvgIpc) is 2.90. The molecular weight excluding hydrogens is 488 g/mol. The summed E-state index contributed by atoms with van der Waals surface area (Å²) in [6, 6.07) is 11.6. The quantitative estimate of drug-likeness (QED) is 0.459. The Balaban J connectivity index is 1.76. The average molecular weight is 525 g/mol. The summed E-state index contributed by atoms with van der Waals surface area (Å²) in [5.74, 6) is -2.09. The lowest BCUT2D eigenvalue weighted by atomic mass is 9.86. The summed E-state index contributed by atoms with van der Waals surface area (Å²) in [5, 5.41) is 10.9. The summed E-state index contributed by atoms with van der Waals surface area (Å²) in [7, 11) is 1.73. The Labute approximate surface area is 224 Å². The Morgan fingerprint density at radius 3 is 2.59 bits per heavy atom. The Kier molecular flexibility index (Phi) is 9.14. The number of anilines is 1. The number of carbonyl (C=O) groups is 2. The number of allylic oxidation sites excluding steroid dienone is 1. The fourth-order valence-electron chi connectivity index (χ4n) is 5.33. The van der Waals surface area contributed by atoms with Crippen LogP contribution in [0.5, 0.6) is 5.75 Å². The van der Waals surface area contributed by atoms with Gasteiger partial charge in [-0.1, -0.05) is 42.8 Å². The lowest BCUT2D eigenvalue weighted by molar-refractivity contribution is -0.145. The van der Waals surface area contributed by atoms with Crippen molar-refractivity contribution in [2.75, 3.05) is 31.6 Å². The molecule has 198 valence electrons. The zero-order valence-corrected chi connectivity index (χ0v) is 22.5. The van der Waals surface area contributed by atoms with Gasteiger partial charge in [0.15, 0.2) is 0 Å². The van der Waals surface area contributed by atoms with Crippen LogP contribution in [0.25, 0.3) is 0 Å². The summed E-state index contributed by atoms with van der Waals surface area (Å²) in [5.41, 5.74) is 3.85. The largest absolute Gasteiger partial charge is 0.487 e. The van der Waals surface area contributed by atoms with Crippen molar-refractivity contribution >= 4 is 29.2 Å². The number of rotatable bonds is 1. The summed E-state index contributed by atoms with van der Waals surface area (Å²) in [6.45, 7) is 4.32. The molecule has 2 aliphatic rings. The van der Waals surface area contributed by atoms with Crippen molar-refractivity contribution in [3.63, 3.8) is 0 Å². The van der Waals surface area contributed by atoms with Crippen molar-refractivity contribution in [2.24, 2.45) is 5.92 Å². The van der Waals surface area contributed by atoms with Crippen LogP contribution in [0.15, 0.2) is 48.6 Å². The molecule has 0 saturated carbocycles. The number of carboxylic acids is 1. The predicted molar refractivity (Wildman–Crippen MR) is 148 cm³/mol. The van der Waals surface area contributed by atoms with Gasteiger partial charge in [-0.2, -0.15) is 0 Å². The van der Waals surface area contributed by atoms with Crippen LogP contribution in [0.4, 0.5) is 5.69 Å². The number of hydrogen-bond donors (Lipinski definition) is 1. The molecule has 2 bridgehead atoms. The van der Waals surface area contributed by atoms with Crippen LogP contribution in [0.3, 0.4) is 0 Å². The van der Waals surface area contributed by atoms with Crippen molar-refractivity contribution < 1.29 is 19.4 Å². The van der Waals surface area contributed by atoms with Crippen LogP contribution < -0.4 is 9.64 Å². The first kappa shape index (κ1) is 27.1. The van der Waals surface area contributed by atoms with Gasteiger partial charge in [0.05, 0.1) is 17.5 Å². The lowest BCUT2D eigenvalue weighted by Crippen LogP contribution is -2.37. The molecule has 1 N–H and O–H groups in total. The van der Waals surface area contributed by atoms with E-state index in [1.165, 1.54) is 5.56 Å². The van der Waals surface area contributed by atoms with Crippen molar-refractivity contribution in [2.45, 2.75) is 58.0 Å². The van der Waals surface area contributed by atoms with E-state index >= 15 is 0 Å². The van der Waals surface area contributed by atoms with Crippen molar-refractivity contribution in [3.05, 3.63) is 70.3 Å². The second kappa shape index (κ2) is 12.5. The van der Waals surface area contributed by atoms with Gasteiger partial charge in [-0.3, -0.25) is 9.59 Å². The SMILES string of the molecule is C[C@@H]1C(=O)N(C)C/C=C/CCCCN2CCCCc3cc(Cl)ccc3COc3ccc(cc32)[C@@H]1C(=O)O. The maximum atomic E-state index is 13.1. The Hall–Kier alpha value is -2.99. The smallest absolute Gasteiger partial charge is 0.311 e. The molecule has 7 heteroatoms. The molecule has 1 amide bonds. The summed E-state index contributed by atoms with van der Waals surface area (Å²) >= 11 is 6.28. The molecule has 2 atom stereocenters. The molecule has 0 aromatic heterocycles. The number of likely N-dealkylation sites (N-methyl/N-ethyl adjacent to an activating group) is 1. The van der Waals surface area contributed by atoms with Gasteiger partial charge in [0.25, 0.3) is 0 Å². The number of carboxylic acid groups (broad SMARTS) is 1. The van der Waals surface area contributed by atoms with Crippen LogP contribution in [0.1, 0.15) is 61.6 Å². The maximum absolute atomic E-state index is 13.1. The monoisotopic (exact) mass is 524 g/mol. The minimum atomic E-state index is -0.996. The molecule has 0 unspecified atom stereocenters. The van der Waals surface area contributed by atoms with Gasteiger partial charge in [0, 0.05) is 31.7 Å². The van der Waals surface area contributed by atoms with E-state index in [0.717, 1.165) is 73.6 Å². The van der Waals surface area contributed by atoms with Gasteiger partial charge in [-0.05, 0) is 79.5 Å². The van der Waals surface area contributed by atoms with Crippen LogP contribution in [0.2, 0.25) is 5.02 Å². The third-order valence-electron chi connectivity index (χ3n) is 7.48. The number of aliphatic carboxylic acids is 1. The predicted octanol–water partition coefficient (Wildman–Crippen LogP) is 6.06. The topological polar surface area (TPSA) is 70.1 Å². The molecule has 0 saturated heterocycles. The molecule has 0 aliphatic carbocycles. The maximum Gasteiger partial charge on any atom is 0.311 e. The fourth-order valence-corrected chi connectivity index (χ4v) is 5.53. The highest BCUT2D eigenvalue weighted by Crippen LogP contribution is 2.37. The molecule has 4 rings (SSSR count). The van der Waals surface area contributed by atoms with Crippen molar-refractivity contribution in [1.82, 2.24) is 4.90 Å². The van der Waals surface area contributed by atoms with E-state index < -0.39 is 17.8 Å². The Bertz CT molecular complexity index is 1150. The van der Waals surface area contributed by atoms with Crippen LogP contribution >= 0.6 is 11.6 Å². The zero-order chi connectivity index (χ0) is 26.4. The van der Waals surface area contributed by atoms with E-state index in [4.69, 9.17) is 16.3 Å². The standard InChI is InChI=1S/C30H37ClN2O4/c1-21-28(30(35)36)23-12-14-27-26(19-23)33(16-8-5-3-4-7-15-32(2)29(21)34)17-9-6-10-22-18-25(31)13-11-24(22)20-37-27/h4,7,11-14,18-19,21,28H,3,5-6,8-10,15-17,20H2,1-2H3,(H,35,36)/b7-4+/t21-,28+/m0/s1. The molecule has 2 heterocycles. The molecule has 2 aromatic carbocycles. The van der Waals surface area contributed by atoms with Gasteiger partial charge in [-0.25, -0.2) is 0 Å². The molecular formula is C30H37ClN2O4. The highest BCUT2D eigenvalue weighted by molar-refractivity contribution is 6.30. The zero-order valence-electron chi connectivity index (χ0n) is 21.8. The first-order chi connectivity index (χ1) is 17.8. The second-order valence-corrected chi connectivity index (χ2v) is 10.6. The molecule has 2 aromatic rings. The van der Waals surface area contributed by atoms with E-state index in [1.807, 2.05) is 36.4 Å². The van der Waals surface area contributed by atoms with Crippen LogP contribution in [-0.2, 0) is 22.6 Å². The number of aryl methyl sites for hydroxylation is 1. The number of halogens is 1. The van der Waals surface area contributed by atoms with Gasteiger partial charge >= 0.3 is 5.97 Å². The second-order valence-electron chi connectivity index (χ2n) is 10.2. The van der Waals surface area contributed by atoms with E-state index in [0.29, 0.717) is 18.7 Å². The van der Waals surface area contributed by atoms with Gasteiger partial charge < -0.3 is 19.6 Å². The number of ether oxygens (including phenoxy) is 1. The molecule has 6 nitrogen and oxygen atoms in total. The molecule has 2 aliphatic heterocycles. The Morgan fingerprint density at radius 1 is 1.03 bits per heavy atom. The fraction of sp³-hybridized carbons (Fsp3) is 0.467. The Morgan fingerprint density at radius 2 is 1.81 bits per heavy atom.